The van der Waals surface area contributed by atoms with Crippen molar-refractivity contribution in [3.63, 3.8) is 0 Å². The molecule has 2 N–H and O–H groups in total. The van der Waals surface area contributed by atoms with Gasteiger partial charge >= 0.3 is 0 Å². The summed E-state index contributed by atoms with van der Waals surface area (Å²) in [6.07, 6.45) is 5.23. The number of aliphatic imine (C=N–C) groups is 1. The molecule has 1 fully saturated rings. The van der Waals surface area contributed by atoms with Crippen molar-refractivity contribution in [3.8, 4) is 0 Å². The third-order valence-electron chi connectivity index (χ3n) is 3.76. The second kappa shape index (κ2) is 13.6. The summed E-state index contributed by atoms with van der Waals surface area (Å²) < 4.78 is 5.04. The van der Waals surface area contributed by atoms with Gasteiger partial charge in [-0.2, -0.15) is 0 Å². The molecule has 126 valence electrons. The fourth-order valence-electron chi connectivity index (χ4n) is 2.57. The number of hydrogen-bond acceptors (Lipinski definition) is 3. The van der Waals surface area contributed by atoms with Gasteiger partial charge in [0.15, 0.2) is 5.96 Å². The smallest absolute Gasteiger partial charge is 0.191 e. The number of halogens is 1. The van der Waals surface area contributed by atoms with Crippen LogP contribution in [0.25, 0.3) is 0 Å². The van der Waals surface area contributed by atoms with Gasteiger partial charge in [0.1, 0.15) is 0 Å². The van der Waals surface area contributed by atoms with Crippen molar-refractivity contribution in [2.45, 2.75) is 45.6 Å². The van der Waals surface area contributed by atoms with Gasteiger partial charge in [-0.05, 0) is 39.7 Å². The summed E-state index contributed by atoms with van der Waals surface area (Å²) in [4.78, 5) is 7.21. The first-order valence-electron chi connectivity index (χ1n) is 8.03. The second-order valence-electron chi connectivity index (χ2n) is 5.41. The highest BCUT2D eigenvalue weighted by Gasteiger charge is 2.16. The topological polar surface area (TPSA) is 48.9 Å². The molecule has 0 bridgehead atoms. The van der Waals surface area contributed by atoms with E-state index in [0.29, 0.717) is 6.61 Å². The lowest BCUT2D eigenvalue weighted by Gasteiger charge is -2.33. The zero-order valence-corrected chi connectivity index (χ0v) is 16.2. The highest BCUT2D eigenvalue weighted by Crippen LogP contribution is 2.16. The number of methoxy groups -OCH3 is 1. The summed E-state index contributed by atoms with van der Waals surface area (Å²) >= 11 is 0. The molecular weight excluding hydrogens is 379 g/mol. The van der Waals surface area contributed by atoms with Crippen molar-refractivity contribution >= 4 is 29.9 Å². The Morgan fingerprint density at radius 3 is 2.81 bits per heavy atom. The fourth-order valence-corrected chi connectivity index (χ4v) is 2.57. The molecule has 21 heavy (non-hydrogen) atoms. The molecular formula is C15H33IN4O. The van der Waals surface area contributed by atoms with Crippen molar-refractivity contribution < 1.29 is 4.74 Å². The van der Waals surface area contributed by atoms with Crippen LogP contribution < -0.4 is 10.6 Å². The number of nitrogens with zero attached hydrogens (tertiary/aromatic N) is 2. The lowest BCUT2D eigenvalue weighted by atomic mass is 10.0. The van der Waals surface area contributed by atoms with E-state index in [1.165, 1.54) is 32.4 Å². The lowest BCUT2D eigenvalue weighted by Crippen LogP contribution is -2.39. The Balaban J connectivity index is 0.00000400. The number of piperidine rings is 1. The summed E-state index contributed by atoms with van der Waals surface area (Å²) in [6.45, 7) is 10.1. The number of likely N-dealkylation sites (tertiary alicyclic amines) is 1. The van der Waals surface area contributed by atoms with Gasteiger partial charge < -0.3 is 20.3 Å². The quantitative estimate of drug-likeness (QED) is 0.277. The highest BCUT2D eigenvalue weighted by molar-refractivity contribution is 14.0. The maximum Gasteiger partial charge on any atom is 0.191 e. The van der Waals surface area contributed by atoms with Crippen LogP contribution >= 0.6 is 24.0 Å². The van der Waals surface area contributed by atoms with Crippen molar-refractivity contribution in [3.05, 3.63) is 0 Å². The minimum absolute atomic E-state index is 0. The van der Waals surface area contributed by atoms with Crippen LogP contribution in [0.15, 0.2) is 4.99 Å². The molecule has 1 saturated heterocycles. The first-order chi connectivity index (χ1) is 9.77. The van der Waals surface area contributed by atoms with Gasteiger partial charge in [0, 0.05) is 39.3 Å². The minimum atomic E-state index is 0. The largest absolute Gasteiger partial charge is 0.383 e. The maximum absolute atomic E-state index is 5.04. The number of rotatable bonds is 8. The third-order valence-corrected chi connectivity index (χ3v) is 3.76. The minimum Gasteiger partial charge on any atom is -0.383 e. The van der Waals surface area contributed by atoms with Crippen LogP contribution in [-0.4, -0.2) is 63.3 Å². The van der Waals surface area contributed by atoms with Gasteiger partial charge in [-0.3, -0.25) is 4.99 Å². The van der Waals surface area contributed by atoms with E-state index in [2.05, 4.69) is 34.4 Å². The van der Waals surface area contributed by atoms with Crippen LogP contribution in [0.4, 0.5) is 0 Å². The SMILES string of the molecule is CCNC(=NCCCN1CCCCC1C)NCCOC.I. The van der Waals surface area contributed by atoms with Gasteiger partial charge in [-0.25, -0.2) is 0 Å². The Bertz CT molecular complexity index is 276. The molecule has 1 unspecified atom stereocenters. The predicted molar refractivity (Wildman–Crippen MR) is 101 cm³/mol. The van der Waals surface area contributed by atoms with Crippen LogP contribution in [0, 0.1) is 0 Å². The molecule has 0 aromatic heterocycles. The Labute approximate surface area is 147 Å². The number of ether oxygens (including phenoxy) is 1. The van der Waals surface area contributed by atoms with Gasteiger partial charge in [0.2, 0.25) is 0 Å². The van der Waals surface area contributed by atoms with Crippen LogP contribution in [0.3, 0.4) is 0 Å². The molecule has 0 spiro atoms. The lowest BCUT2D eigenvalue weighted by molar-refractivity contribution is 0.160. The summed E-state index contributed by atoms with van der Waals surface area (Å²) in [7, 11) is 1.71. The van der Waals surface area contributed by atoms with Gasteiger partial charge in [-0.15, -0.1) is 24.0 Å². The van der Waals surface area contributed by atoms with Crippen LogP contribution in [0.1, 0.15) is 39.5 Å². The van der Waals surface area contributed by atoms with Gasteiger partial charge in [0.25, 0.3) is 0 Å². The molecule has 0 aromatic carbocycles. The fraction of sp³-hybridized carbons (Fsp3) is 0.933. The Kier molecular flexibility index (Phi) is 13.5. The highest BCUT2D eigenvalue weighted by atomic mass is 127. The van der Waals surface area contributed by atoms with Crippen LogP contribution in [0.5, 0.6) is 0 Å². The molecule has 6 heteroatoms. The Morgan fingerprint density at radius 2 is 2.14 bits per heavy atom. The van der Waals surface area contributed by atoms with Crippen LogP contribution in [-0.2, 0) is 4.74 Å². The van der Waals surface area contributed by atoms with E-state index < -0.39 is 0 Å². The molecule has 1 heterocycles. The summed E-state index contributed by atoms with van der Waals surface area (Å²) in [5, 5.41) is 6.53. The number of nitrogens with one attached hydrogen (secondary N) is 2. The molecule has 5 nitrogen and oxygen atoms in total. The van der Waals surface area contributed by atoms with E-state index in [9.17, 15) is 0 Å². The van der Waals surface area contributed by atoms with Crippen molar-refractivity contribution in [2.75, 3.05) is 46.4 Å². The van der Waals surface area contributed by atoms with Crippen molar-refractivity contribution in [2.24, 2.45) is 4.99 Å². The molecule has 0 saturated carbocycles. The molecule has 0 aliphatic carbocycles. The molecule has 1 atom stereocenters. The molecule has 0 aromatic rings. The number of guanidine groups is 1. The zero-order valence-electron chi connectivity index (χ0n) is 13.9. The number of hydrogen-bond donors (Lipinski definition) is 2. The average Bonchev–Trinajstić information content (AvgIpc) is 2.45. The second-order valence-corrected chi connectivity index (χ2v) is 5.41. The van der Waals surface area contributed by atoms with Gasteiger partial charge in [-0.1, -0.05) is 6.42 Å². The Hall–Kier alpha value is -0.0800. The Morgan fingerprint density at radius 1 is 1.33 bits per heavy atom. The predicted octanol–water partition coefficient (Wildman–Crippen LogP) is 2.07. The van der Waals surface area contributed by atoms with E-state index >= 15 is 0 Å². The summed E-state index contributed by atoms with van der Waals surface area (Å²) in [5.74, 6) is 0.899. The first kappa shape index (κ1) is 20.9. The molecule has 1 rings (SSSR count). The molecule has 1 aliphatic rings. The van der Waals surface area contributed by atoms with E-state index in [-0.39, 0.29) is 24.0 Å². The molecule has 1 aliphatic heterocycles. The van der Waals surface area contributed by atoms with Crippen LogP contribution in [0.2, 0.25) is 0 Å². The van der Waals surface area contributed by atoms with Crippen molar-refractivity contribution in [1.29, 1.82) is 0 Å². The zero-order chi connectivity index (χ0) is 14.6. The molecule has 0 radical (unpaired) electrons. The summed E-state index contributed by atoms with van der Waals surface area (Å²) in [5.41, 5.74) is 0. The normalized spacial score (nSPS) is 20.0. The van der Waals surface area contributed by atoms with E-state index in [1.807, 2.05) is 0 Å². The van der Waals surface area contributed by atoms with E-state index in [4.69, 9.17) is 4.74 Å². The molecule has 0 amide bonds. The first-order valence-corrected chi connectivity index (χ1v) is 8.03. The van der Waals surface area contributed by atoms with Gasteiger partial charge in [0.05, 0.1) is 6.61 Å². The van der Waals surface area contributed by atoms with E-state index in [0.717, 1.165) is 38.1 Å². The van der Waals surface area contributed by atoms with E-state index in [1.54, 1.807) is 7.11 Å². The maximum atomic E-state index is 5.04. The monoisotopic (exact) mass is 412 g/mol. The van der Waals surface area contributed by atoms with Crippen molar-refractivity contribution in [1.82, 2.24) is 15.5 Å². The third kappa shape index (κ3) is 9.52. The average molecular weight is 412 g/mol. The summed E-state index contributed by atoms with van der Waals surface area (Å²) in [6, 6.07) is 0.751. The standard InChI is InChI=1S/C15H32N4O.HI/c1-4-16-15(18-10-13-20-3)17-9-7-12-19-11-6-5-8-14(19)2;/h14H,4-13H2,1-3H3,(H2,16,17,18);1H.